The molecule has 4 aromatic carbocycles. The van der Waals surface area contributed by atoms with E-state index in [0.717, 1.165) is 72.2 Å². The third kappa shape index (κ3) is 3.96. The fourth-order valence-corrected chi connectivity index (χ4v) is 5.95. The Morgan fingerprint density at radius 2 is 1.46 bits per heavy atom. The molecule has 188 valence electrons. The van der Waals surface area contributed by atoms with E-state index in [-0.39, 0.29) is 5.91 Å². The quantitative estimate of drug-likeness (QED) is 0.283. The maximum atomic E-state index is 14.2. The molecule has 1 unspecified atom stereocenters. The smallest absolute Gasteiger partial charge is 0.244 e. The van der Waals surface area contributed by atoms with E-state index in [1.807, 2.05) is 64.1 Å². The second-order valence-electron chi connectivity index (χ2n) is 10.0. The first-order valence-corrected chi connectivity index (χ1v) is 12.8. The van der Waals surface area contributed by atoms with E-state index in [9.17, 15) is 4.79 Å². The summed E-state index contributed by atoms with van der Waals surface area (Å²) in [5, 5.41) is 3.95. The molecule has 0 saturated carbocycles. The number of carbonyl (C=O) groups is 1. The maximum Gasteiger partial charge on any atom is 0.244 e. The van der Waals surface area contributed by atoms with Gasteiger partial charge in [0.15, 0.2) is 0 Å². The van der Waals surface area contributed by atoms with Crippen molar-refractivity contribution in [2.45, 2.75) is 39.5 Å². The number of benzene rings is 4. The molecule has 0 radical (unpaired) electrons. The van der Waals surface area contributed by atoms with Crippen LogP contribution in [0.15, 0.2) is 66.7 Å². The van der Waals surface area contributed by atoms with E-state index in [1.165, 1.54) is 0 Å². The molecule has 0 saturated heterocycles. The zero-order valence-corrected chi connectivity index (χ0v) is 22.6. The van der Waals surface area contributed by atoms with Crippen LogP contribution in [0.5, 0.6) is 5.75 Å². The molecule has 0 aliphatic carbocycles. The van der Waals surface area contributed by atoms with Gasteiger partial charge in [-0.2, -0.15) is 0 Å². The summed E-state index contributed by atoms with van der Waals surface area (Å²) in [5.74, 6) is 0.752. The second-order valence-corrected chi connectivity index (χ2v) is 10.4. The van der Waals surface area contributed by atoms with E-state index in [2.05, 4.69) is 35.6 Å². The van der Waals surface area contributed by atoms with E-state index >= 15 is 0 Å². The van der Waals surface area contributed by atoms with Crippen LogP contribution in [0, 0.1) is 27.7 Å². The van der Waals surface area contributed by atoms with Gasteiger partial charge >= 0.3 is 0 Å². The average Bonchev–Trinajstić information content (AvgIpc) is 3.15. The Morgan fingerprint density at radius 3 is 2.05 bits per heavy atom. The molecule has 5 rings (SSSR count). The monoisotopic (exact) mass is 510 g/mol. The number of fused-ring (bicyclic) bond motifs is 1. The molecule has 0 aromatic heterocycles. The molecule has 4 nitrogen and oxygen atoms in total. The third-order valence-corrected chi connectivity index (χ3v) is 7.92. The number of rotatable bonds is 5. The van der Waals surface area contributed by atoms with Crippen molar-refractivity contribution >= 4 is 28.9 Å². The van der Waals surface area contributed by atoms with Crippen molar-refractivity contribution in [3.8, 4) is 5.75 Å². The summed E-state index contributed by atoms with van der Waals surface area (Å²) < 4.78 is 5.64. The molecule has 1 aliphatic rings. The molecule has 4 aromatic rings. The topological polar surface area (TPSA) is 64.3 Å². The standard InChI is InChI=1S/C32H31ClN2O2/c1-18-12-24(13-19(2)29(18)34)32(25-14-20(3)30(37-5)21(4)15-25)26-11-10-22(17-28(26)35-31(32)36)16-23-8-6-7-9-27(23)33/h6-15,17H,16,34H2,1-5H3,(H,35,36). The summed E-state index contributed by atoms with van der Waals surface area (Å²) in [6, 6.07) is 22.3. The van der Waals surface area contributed by atoms with Crippen molar-refractivity contribution in [2.75, 3.05) is 18.2 Å². The molecule has 0 fully saturated rings. The fraction of sp³-hybridized carbons (Fsp3) is 0.219. The molecule has 5 heteroatoms. The summed E-state index contributed by atoms with van der Waals surface area (Å²) >= 11 is 6.43. The number of ether oxygens (including phenoxy) is 1. The van der Waals surface area contributed by atoms with E-state index in [0.29, 0.717) is 6.42 Å². The molecule has 0 bridgehead atoms. The van der Waals surface area contributed by atoms with Crippen molar-refractivity contribution in [3.63, 3.8) is 0 Å². The lowest BCUT2D eigenvalue weighted by Gasteiger charge is -2.31. The van der Waals surface area contributed by atoms with Gasteiger partial charge < -0.3 is 15.8 Å². The van der Waals surface area contributed by atoms with Crippen molar-refractivity contribution < 1.29 is 9.53 Å². The van der Waals surface area contributed by atoms with Gasteiger partial charge in [0.1, 0.15) is 11.2 Å². The summed E-state index contributed by atoms with van der Waals surface area (Å²) in [4.78, 5) is 14.2. The lowest BCUT2D eigenvalue weighted by molar-refractivity contribution is -0.118. The Morgan fingerprint density at radius 1 is 0.865 bits per heavy atom. The van der Waals surface area contributed by atoms with Gasteiger partial charge in [-0.25, -0.2) is 0 Å². The molecular weight excluding hydrogens is 480 g/mol. The summed E-state index contributed by atoms with van der Waals surface area (Å²) in [6.45, 7) is 8.01. The number of aryl methyl sites for hydroxylation is 4. The molecule has 1 atom stereocenters. The van der Waals surface area contributed by atoms with Crippen molar-refractivity contribution in [1.29, 1.82) is 0 Å². The van der Waals surface area contributed by atoms with Gasteiger partial charge in [0.25, 0.3) is 0 Å². The van der Waals surface area contributed by atoms with Crippen LogP contribution in [0.4, 0.5) is 11.4 Å². The molecular formula is C32H31ClN2O2. The minimum absolute atomic E-state index is 0.0788. The van der Waals surface area contributed by atoms with E-state index < -0.39 is 5.41 Å². The number of methoxy groups -OCH3 is 1. The molecule has 0 spiro atoms. The number of nitrogen functional groups attached to an aromatic ring is 1. The van der Waals surface area contributed by atoms with Gasteiger partial charge in [-0.15, -0.1) is 0 Å². The summed E-state index contributed by atoms with van der Waals surface area (Å²) in [7, 11) is 1.68. The zero-order chi connectivity index (χ0) is 26.5. The number of nitrogens with one attached hydrogen (secondary N) is 1. The summed E-state index contributed by atoms with van der Waals surface area (Å²) in [6.07, 6.45) is 0.677. The van der Waals surface area contributed by atoms with Crippen LogP contribution in [0.3, 0.4) is 0 Å². The van der Waals surface area contributed by atoms with Crippen molar-refractivity contribution in [2.24, 2.45) is 0 Å². The van der Waals surface area contributed by atoms with Crippen LogP contribution in [-0.2, 0) is 16.6 Å². The number of nitrogens with two attached hydrogens (primary N) is 1. The summed E-state index contributed by atoms with van der Waals surface area (Å²) in [5.41, 5.74) is 15.6. The van der Waals surface area contributed by atoms with Crippen LogP contribution < -0.4 is 15.8 Å². The van der Waals surface area contributed by atoms with E-state index in [4.69, 9.17) is 22.1 Å². The van der Waals surface area contributed by atoms with Gasteiger partial charge in [-0.3, -0.25) is 4.79 Å². The Bertz CT molecular complexity index is 1510. The first kappa shape index (κ1) is 24.9. The van der Waals surface area contributed by atoms with Crippen molar-refractivity contribution in [3.05, 3.63) is 122 Å². The fourth-order valence-electron chi connectivity index (χ4n) is 5.75. The number of halogens is 1. The highest BCUT2D eigenvalue weighted by Gasteiger charge is 2.50. The van der Waals surface area contributed by atoms with Crippen LogP contribution >= 0.6 is 11.6 Å². The predicted molar refractivity (Wildman–Crippen MR) is 152 cm³/mol. The minimum atomic E-state index is -1.02. The highest BCUT2D eigenvalue weighted by Crippen LogP contribution is 2.50. The third-order valence-electron chi connectivity index (χ3n) is 7.55. The highest BCUT2D eigenvalue weighted by atomic mass is 35.5. The molecule has 1 amide bonds. The van der Waals surface area contributed by atoms with Gasteiger partial charge in [0.05, 0.1) is 7.11 Å². The predicted octanol–water partition coefficient (Wildman–Crippen LogP) is 7.04. The Balaban J connectivity index is 1.75. The van der Waals surface area contributed by atoms with Gasteiger partial charge in [-0.1, -0.05) is 66.2 Å². The first-order chi connectivity index (χ1) is 17.7. The number of hydrogen-bond acceptors (Lipinski definition) is 3. The van der Waals surface area contributed by atoms with Gasteiger partial charge in [-0.05, 0) is 90.8 Å². The Hall–Kier alpha value is -3.76. The number of carbonyl (C=O) groups excluding carboxylic acids is 1. The Kier molecular flexibility index (Phi) is 6.25. The van der Waals surface area contributed by atoms with Crippen LogP contribution in [0.1, 0.15) is 50.1 Å². The van der Waals surface area contributed by atoms with Crippen LogP contribution in [0.2, 0.25) is 5.02 Å². The molecule has 3 N–H and O–H groups in total. The zero-order valence-electron chi connectivity index (χ0n) is 21.8. The van der Waals surface area contributed by atoms with Crippen molar-refractivity contribution in [1.82, 2.24) is 0 Å². The van der Waals surface area contributed by atoms with Crippen LogP contribution in [0.25, 0.3) is 0 Å². The van der Waals surface area contributed by atoms with E-state index in [1.54, 1.807) is 7.11 Å². The van der Waals surface area contributed by atoms with Crippen LogP contribution in [-0.4, -0.2) is 13.0 Å². The molecule has 37 heavy (non-hydrogen) atoms. The molecule has 1 heterocycles. The average molecular weight is 511 g/mol. The SMILES string of the molecule is COc1c(C)cc(C2(c3cc(C)c(N)c(C)c3)C(=O)Nc3cc(Cc4ccccc4Cl)ccc32)cc1C. The van der Waals surface area contributed by atoms with Gasteiger partial charge in [0, 0.05) is 22.0 Å². The normalized spacial score (nSPS) is 16.4. The number of anilines is 2. The minimum Gasteiger partial charge on any atom is -0.496 e. The second kappa shape index (κ2) is 9.28. The number of amides is 1. The lowest BCUT2D eigenvalue weighted by atomic mass is 9.68. The maximum absolute atomic E-state index is 14.2. The highest BCUT2D eigenvalue weighted by molar-refractivity contribution is 6.31. The molecule has 1 aliphatic heterocycles. The lowest BCUT2D eigenvalue weighted by Crippen LogP contribution is -2.37. The number of hydrogen-bond donors (Lipinski definition) is 2. The Labute approximate surface area is 223 Å². The van der Waals surface area contributed by atoms with Gasteiger partial charge in [0.2, 0.25) is 5.91 Å². The first-order valence-electron chi connectivity index (χ1n) is 12.4. The largest absolute Gasteiger partial charge is 0.496 e.